The molecule has 1 aliphatic rings. The topological polar surface area (TPSA) is 118 Å². The van der Waals surface area contributed by atoms with Crippen LogP contribution in [0.3, 0.4) is 0 Å². The van der Waals surface area contributed by atoms with E-state index in [1.807, 2.05) is 28.8 Å². The smallest absolute Gasteiger partial charge is 0.325 e. The zero-order valence-corrected chi connectivity index (χ0v) is 17.3. The van der Waals surface area contributed by atoms with Crippen molar-refractivity contribution in [3.8, 4) is 17.6 Å². The molecule has 0 unspecified atom stereocenters. The first-order valence-electron chi connectivity index (χ1n) is 9.59. The minimum atomic E-state index is -0.639. The number of aromatic nitrogens is 2. The Balaban J connectivity index is 1.35. The summed E-state index contributed by atoms with van der Waals surface area (Å²) < 4.78 is 12.8. The number of imidazole rings is 1. The van der Waals surface area contributed by atoms with E-state index >= 15 is 0 Å². The highest BCUT2D eigenvalue weighted by molar-refractivity contribution is 7.99. The maximum atomic E-state index is 12.3. The lowest BCUT2D eigenvalue weighted by Gasteiger charge is -2.19. The molecule has 2 aromatic carbocycles. The molecular weight excluding hydrogens is 418 g/mol. The third kappa shape index (κ3) is 4.90. The van der Waals surface area contributed by atoms with Crippen molar-refractivity contribution in [3.63, 3.8) is 0 Å². The van der Waals surface area contributed by atoms with Crippen LogP contribution in [0.15, 0.2) is 47.6 Å². The van der Waals surface area contributed by atoms with Crippen LogP contribution in [0.2, 0.25) is 0 Å². The number of nitrogens with one attached hydrogen (secondary N) is 2. The molecule has 0 fully saturated rings. The molecule has 0 radical (unpaired) electrons. The number of urea groups is 1. The maximum Gasteiger partial charge on any atom is 0.325 e. The molecule has 10 heteroatoms. The molecule has 0 spiro atoms. The SMILES string of the molecule is N#CCCn1c(SCC(=O)NC(=O)Nc2ccc3c(c2)OCCO3)nc2ccccc21. The number of rotatable bonds is 6. The van der Waals surface area contributed by atoms with E-state index in [4.69, 9.17) is 14.7 Å². The first-order valence-corrected chi connectivity index (χ1v) is 10.6. The summed E-state index contributed by atoms with van der Waals surface area (Å²) in [7, 11) is 0. The molecule has 3 amide bonds. The zero-order chi connectivity index (χ0) is 21.6. The number of para-hydroxylation sites is 2. The Hall–Kier alpha value is -3.71. The van der Waals surface area contributed by atoms with Crippen LogP contribution in [0.25, 0.3) is 11.0 Å². The molecule has 0 saturated heterocycles. The van der Waals surface area contributed by atoms with Gasteiger partial charge in [0, 0.05) is 18.3 Å². The Kier molecular flexibility index (Phi) is 6.24. The van der Waals surface area contributed by atoms with Crippen LogP contribution in [0.1, 0.15) is 6.42 Å². The number of hydrogen-bond acceptors (Lipinski definition) is 7. The standard InChI is InChI=1S/C21H19N5O4S/c22-8-3-9-26-16-5-2-1-4-15(16)24-21(26)31-13-19(27)25-20(28)23-14-6-7-17-18(12-14)30-11-10-29-17/h1-2,4-7,12H,3,9-11,13H2,(H2,23,25,27,28). The van der Waals surface area contributed by atoms with Gasteiger partial charge in [-0.3, -0.25) is 10.1 Å². The predicted molar refractivity (Wildman–Crippen MR) is 115 cm³/mol. The summed E-state index contributed by atoms with van der Waals surface area (Å²) in [5.74, 6) is 0.704. The molecule has 158 valence electrons. The van der Waals surface area contributed by atoms with Crippen LogP contribution < -0.4 is 20.1 Å². The van der Waals surface area contributed by atoms with Gasteiger partial charge in [0.2, 0.25) is 5.91 Å². The van der Waals surface area contributed by atoms with Gasteiger partial charge in [0.25, 0.3) is 0 Å². The largest absolute Gasteiger partial charge is 0.486 e. The quantitative estimate of drug-likeness (QED) is 0.569. The Morgan fingerprint density at radius 3 is 2.81 bits per heavy atom. The number of fused-ring (bicyclic) bond motifs is 2. The van der Waals surface area contributed by atoms with E-state index < -0.39 is 11.9 Å². The number of imide groups is 1. The second kappa shape index (κ2) is 9.40. The number of nitrogens with zero attached hydrogens (tertiary/aromatic N) is 3. The molecule has 3 aromatic rings. The third-order valence-electron chi connectivity index (χ3n) is 4.45. The van der Waals surface area contributed by atoms with E-state index in [0.29, 0.717) is 48.5 Å². The molecule has 9 nitrogen and oxygen atoms in total. The fourth-order valence-electron chi connectivity index (χ4n) is 3.12. The minimum absolute atomic E-state index is 0.00440. The lowest BCUT2D eigenvalue weighted by Crippen LogP contribution is -2.35. The Morgan fingerprint density at radius 1 is 1.16 bits per heavy atom. The number of aryl methyl sites for hydroxylation is 1. The predicted octanol–water partition coefficient (Wildman–Crippen LogP) is 3.16. The van der Waals surface area contributed by atoms with Crippen LogP contribution in [-0.2, 0) is 11.3 Å². The summed E-state index contributed by atoms with van der Waals surface area (Å²) in [4.78, 5) is 29.0. The summed E-state index contributed by atoms with van der Waals surface area (Å²) in [6.07, 6.45) is 0.331. The molecular formula is C21H19N5O4S. The Labute approximate surface area is 182 Å². The normalized spacial score (nSPS) is 12.2. The van der Waals surface area contributed by atoms with Gasteiger partial charge in [-0.1, -0.05) is 23.9 Å². The van der Waals surface area contributed by atoms with Crippen LogP contribution in [0, 0.1) is 11.3 Å². The number of benzene rings is 2. The van der Waals surface area contributed by atoms with Gasteiger partial charge in [0.15, 0.2) is 16.7 Å². The van der Waals surface area contributed by atoms with E-state index in [1.165, 1.54) is 11.8 Å². The number of carbonyl (C=O) groups is 2. The van der Waals surface area contributed by atoms with Crippen molar-refractivity contribution in [3.05, 3.63) is 42.5 Å². The number of hydrogen-bond donors (Lipinski definition) is 2. The molecule has 0 atom stereocenters. The van der Waals surface area contributed by atoms with Crippen molar-refractivity contribution in [2.24, 2.45) is 0 Å². The molecule has 2 heterocycles. The number of ether oxygens (including phenoxy) is 2. The van der Waals surface area contributed by atoms with Gasteiger partial charge in [-0.05, 0) is 24.3 Å². The number of nitriles is 1. The van der Waals surface area contributed by atoms with Crippen molar-refractivity contribution in [1.29, 1.82) is 5.26 Å². The fourth-order valence-corrected chi connectivity index (χ4v) is 3.96. The Bertz CT molecular complexity index is 1170. The van der Waals surface area contributed by atoms with Crippen molar-refractivity contribution >= 4 is 40.4 Å². The average Bonchev–Trinajstić information content (AvgIpc) is 3.13. The number of amides is 3. The molecule has 0 saturated carbocycles. The molecule has 1 aromatic heterocycles. The number of thioether (sulfide) groups is 1. The van der Waals surface area contributed by atoms with Gasteiger partial charge >= 0.3 is 6.03 Å². The van der Waals surface area contributed by atoms with Crippen molar-refractivity contribution < 1.29 is 19.1 Å². The van der Waals surface area contributed by atoms with Crippen molar-refractivity contribution in [1.82, 2.24) is 14.9 Å². The first kappa shape index (κ1) is 20.6. The lowest BCUT2D eigenvalue weighted by atomic mass is 10.2. The highest BCUT2D eigenvalue weighted by Crippen LogP contribution is 2.32. The Morgan fingerprint density at radius 2 is 1.97 bits per heavy atom. The molecule has 0 aliphatic carbocycles. The van der Waals surface area contributed by atoms with E-state index in [1.54, 1.807) is 18.2 Å². The highest BCUT2D eigenvalue weighted by atomic mass is 32.2. The highest BCUT2D eigenvalue weighted by Gasteiger charge is 2.16. The lowest BCUT2D eigenvalue weighted by molar-refractivity contribution is -0.117. The second-order valence-electron chi connectivity index (χ2n) is 6.59. The van der Waals surface area contributed by atoms with Gasteiger partial charge in [-0.2, -0.15) is 5.26 Å². The summed E-state index contributed by atoms with van der Waals surface area (Å²) in [6.45, 7) is 1.40. The van der Waals surface area contributed by atoms with Gasteiger partial charge in [-0.25, -0.2) is 9.78 Å². The minimum Gasteiger partial charge on any atom is -0.486 e. The summed E-state index contributed by atoms with van der Waals surface area (Å²) >= 11 is 1.21. The molecule has 1 aliphatic heterocycles. The van der Waals surface area contributed by atoms with E-state index in [0.717, 1.165) is 11.0 Å². The number of anilines is 1. The summed E-state index contributed by atoms with van der Waals surface area (Å²) in [5.41, 5.74) is 2.18. The van der Waals surface area contributed by atoms with Crippen LogP contribution in [0.4, 0.5) is 10.5 Å². The molecule has 4 rings (SSSR count). The second-order valence-corrected chi connectivity index (χ2v) is 7.53. The maximum absolute atomic E-state index is 12.3. The molecule has 2 N–H and O–H groups in total. The fraction of sp³-hybridized carbons (Fsp3) is 0.238. The number of carbonyl (C=O) groups excluding carboxylic acids is 2. The van der Waals surface area contributed by atoms with E-state index in [-0.39, 0.29) is 5.75 Å². The van der Waals surface area contributed by atoms with Crippen LogP contribution in [-0.4, -0.2) is 40.5 Å². The zero-order valence-electron chi connectivity index (χ0n) is 16.5. The monoisotopic (exact) mass is 437 g/mol. The molecule has 0 bridgehead atoms. The van der Waals surface area contributed by atoms with Crippen LogP contribution >= 0.6 is 11.8 Å². The summed E-state index contributed by atoms with van der Waals surface area (Å²) in [6, 6.07) is 14.1. The van der Waals surface area contributed by atoms with Gasteiger partial charge in [-0.15, -0.1) is 0 Å². The average molecular weight is 437 g/mol. The van der Waals surface area contributed by atoms with Gasteiger partial charge < -0.3 is 19.4 Å². The van der Waals surface area contributed by atoms with Gasteiger partial charge in [0.05, 0.1) is 29.3 Å². The van der Waals surface area contributed by atoms with E-state index in [9.17, 15) is 9.59 Å². The van der Waals surface area contributed by atoms with Crippen molar-refractivity contribution in [2.75, 3.05) is 24.3 Å². The third-order valence-corrected chi connectivity index (χ3v) is 5.43. The van der Waals surface area contributed by atoms with E-state index in [2.05, 4.69) is 21.7 Å². The first-order chi connectivity index (χ1) is 15.1. The summed E-state index contributed by atoms with van der Waals surface area (Å²) in [5, 5.41) is 14.5. The van der Waals surface area contributed by atoms with Crippen LogP contribution in [0.5, 0.6) is 11.5 Å². The molecule has 31 heavy (non-hydrogen) atoms. The van der Waals surface area contributed by atoms with Gasteiger partial charge in [0.1, 0.15) is 13.2 Å². The van der Waals surface area contributed by atoms with Crippen molar-refractivity contribution in [2.45, 2.75) is 18.1 Å².